The van der Waals surface area contributed by atoms with Crippen LogP contribution >= 0.6 is 0 Å². The lowest BCUT2D eigenvalue weighted by Crippen LogP contribution is -2.64. The molecule has 5 heteroatoms. The first-order valence-electron chi connectivity index (χ1n) is 9.59. The number of hydrogen-bond acceptors (Lipinski definition) is 4. The summed E-state index contributed by atoms with van der Waals surface area (Å²) >= 11 is 0. The minimum Gasteiger partial charge on any atom is -0.238 e. The van der Waals surface area contributed by atoms with Gasteiger partial charge in [0.05, 0.1) is 11.2 Å². The second-order valence-electron chi connectivity index (χ2n) is 7.91. The van der Waals surface area contributed by atoms with Crippen LogP contribution in [0.15, 0.2) is 60.7 Å². The summed E-state index contributed by atoms with van der Waals surface area (Å²) in [4.78, 5) is 11.8. The van der Waals surface area contributed by atoms with Crippen molar-refractivity contribution >= 4 is 18.9 Å². The van der Waals surface area contributed by atoms with Gasteiger partial charge in [0, 0.05) is 10.4 Å². The molecule has 0 heterocycles. The summed E-state index contributed by atoms with van der Waals surface area (Å²) in [6, 6.07) is 19.9. The second kappa shape index (κ2) is 9.13. The Morgan fingerprint density at radius 3 is 1.26 bits per heavy atom. The van der Waals surface area contributed by atoms with Gasteiger partial charge in [0.25, 0.3) is 0 Å². The van der Waals surface area contributed by atoms with Crippen molar-refractivity contribution in [3.8, 4) is 0 Å². The van der Waals surface area contributed by atoms with Crippen LogP contribution in [0.5, 0.6) is 0 Å². The Bertz CT molecular complexity index is 624. The van der Waals surface area contributed by atoms with Crippen LogP contribution in [0.25, 0.3) is 0 Å². The van der Waals surface area contributed by atoms with E-state index in [0.717, 1.165) is 23.2 Å². The SMILES string of the molecule is CCC(C)(C)OO[Si](OOC(C)(C)CC)(c1ccccc1)c1ccccc1. The molecule has 0 atom stereocenters. The topological polar surface area (TPSA) is 36.9 Å². The number of rotatable bonds is 10. The molecular weight excluding hydrogens is 356 g/mol. The summed E-state index contributed by atoms with van der Waals surface area (Å²) in [6.45, 7) is 12.1. The van der Waals surface area contributed by atoms with Crippen molar-refractivity contribution in [3.63, 3.8) is 0 Å². The van der Waals surface area contributed by atoms with Crippen molar-refractivity contribution in [1.29, 1.82) is 0 Å². The zero-order valence-corrected chi connectivity index (χ0v) is 18.3. The van der Waals surface area contributed by atoms with Gasteiger partial charge in [0.15, 0.2) is 0 Å². The quantitative estimate of drug-likeness (QED) is 0.341. The Kier molecular flexibility index (Phi) is 7.37. The van der Waals surface area contributed by atoms with Crippen LogP contribution in [0.1, 0.15) is 54.4 Å². The molecule has 0 saturated heterocycles. The smallest absolute Gasteiger partial charge is 0.238 e. The van der Waals surface area contributed by atoms with E-state index in [4.69, 9.17) is 18.9 Å². The summed E-state index contributed by atoms with van der Waals surface area (Å²) in [6.07, 6.45) is 1.62. The van der Waals surface area contributed by atoms with Crippen LogP contribution in [0.2, 0.25) is 0 Å². The molecule has 0 aliphatic rings. The maximum Gasteiger partial charge on any atom is 0.470 e. The van der Waals surface area contributed by atoms with Gasteiger partial charge < -0.3 is 0 Å². The summed E-state index contributed by atoms with van der Waals surface area (Å²) < 4.78 is 12.4. The molecule has 0 bridgehead atoms. The van der Waals surface area contributed by atoms with Gasteiger partial charge in [-0.05, 0) is 40.5 Å². The first-order chi connectivity index (χ1) is 12.7. The standard InChI is InChI=1S/C22H32O4Si/c1-7-21(3,4)23-25-27(19-15-11-9-12-16-19,20-17-13-10-14-18-20)26-24-22(5,6)8-2/h9-18H,7-8H2,1-6H3. The Hall–Kier alpha value is -1.50. The predicted molar refractivity (Wildman–Crippen MR) is 111 cm³/mol. The molecule has 0 aliphatic heterocycles. The van der Waals surface area contributed by atoms with Crippen LogP contribution in [-0.2, 0) is 18.9 Å². The van der Waals surface area contributed by atoms with Gasteiger partial charge in [-0.1, -0.05) is 74.5 Å². The van der Waals surface area contributed by atoms with Crippen molar-refractivity contribution in [2.75, 3.05) is 0 Å². The molecule has 0 aromatic heterocycles. The number of benzene rings is 2. The van der Waals surface area contributed by atoms with Gasteiger partial charge in [-0.2, -0.15) is 0 Å². The van der Waals surface area contributed by atoms with Crippen LogP contribution in [0.3, 0.4) is 0 Å². The molecule has 148 valence electrons. The third-order valence-corrected chi connectivity index (χ3v) is 7.60. The third kappa shape index (κ3) is 5.73. The molecule has 4 nitrogen and oxygen atoms in total. The van der Waals surface area contributed by atoms with E-state index in [0.29, 0.717) is 0 Å². The van der Waals surface area contributed by atoms with Crippen molar-refractivity contribution in [2.24, 2.45) is 0 Å². The molecule has 0 N–H and O–H groups in total. The molecule has 2 rings (SSSR count). The minimum atomic E-state index is -3.24. The van der Waals surface area contributed by atoms with E-state index in [-0.39, 0.29) is 0 Å². The van der Waals surface area contributed by atoms with Crippen LogP contribution in [0, 0.1) is 0 Å². The van der Waals surface area contributed by atoms with Crippen molar-refractivity contribution in [2.45, 2.75) is 65.6 Å². The fourth-order valence-corrected chi connectivity index (χ4v) is 4.84. The summed E-state index contributed by atoms with van der Waals surface area (Å²) in [7, 11) is -3.24. The highest BCUT2D eigenvalue weighted by Crippen LogP contribution is 2.22. The molecule has 0 spiro atoms. The summed E-state index contributed by atoms with van der Waals surface area (Å²) in [5, 5.41) is 1.85. The van der Waals surface area contributed by atoms with Gasteiger partial charge in [-0.25, -0.2) is 18.9 Å². The van der Waals surface area contributed by atoms with E-state index in [2.05, 4.69) is 13.8 Å². The minimum absolute atomic E-state index is 0.439. The molecule has 0 fully saturated rings. The molecule has 0 radical (unpaired) electrons. The zero-order chi connectivity index (χ0) is 20.0. The Labute approximate surface area is 164 Å². The van der Waals surface area contributed by atoms with Crippen molar-refractivity contribution in [3.05, 3.63) is 60.7 Å². The lowest BCUT2D eigenvalue weighted by molar-refractivity contribution is -0.348. The maximum absolute atomic E-state index is 6.19. The molecule has 0 aliphatic carbocycles. The highest BCUT2D eigenvalue weighted by atomic mass is 28.4. The molecule has 2 aromatic carbocycles. The molecule has 0 saturated carbocycles. The highest BCUT2D eigenvalue weighted by molar-refractivity contribution is 6.92. The molecular formula is C22H32O4Si. The van der Waals surface area contributed by atoms with Gasteiger partial charge in [0.2, 0.25) is 0 Å². The van der Waals surface area contributed by atoms with Gasteiger partial charge in [-0.15, -0.1) is 0 Å². The van der Waals surface area contributed by atoms with Crippen LogP contribution < -0.4 is 10.4 Å². The molecule has 0 unspecified atom stereocenters. The van der Waals surface area contributed by atoms with Crippen LogP contribution in [0.4, 0.5) is 0 Å². The van der Waals surface area contributed by atoms with Gasteiger partial charge in [0.1, 0.15) is 0 Å². The lowest BCUT2D eigenvalue weighted by Gasteiger charge is -2.35. The molecule has 2 aromatic rings. The van der Waals surface area contributed by atoms with Gasteiger partial charge in [-0.3, -0.25) is 0 Å². The normalized spacial score (nSPS) is 13.0. The van der Waals surface area contributed by atoms with E-state index in [1.54, 1.807) is 0 Å². The van der Waals surface area contributed by atoms with Crippen LogP contribution in [-0.4, -0.2) is 19.8 Å². The largest absolute Gasteiger partial charge is 0.470 e. The predicted octanol–water partition coefficient (Wildman–Crippen LogP) is 4.52. The second-order valence-corrected chi connectivity index (χ2v) is 10.6. The molecule has 0 amide bonds. The molecule has 27 heavy (non-hydrogen) atoms. The Morgan fingerprint density at radius 2 is 0.963 bits per heavy atom. The van der Waals surface area contributed by atoms with E-state index >= 15 is 0 Å². The Balaban J connectivity index is 2.51. The van der Waals surface area contributed by atoms with E-state index < -0.39 is 19.8 Å². The average Bonchev–Trinajstić information content (AvgIpc) is 2.70. The first kappa shape index (κ1) is 21.8. The average molecular weight is 389 g/mol. The third-order valence-electron chi connectivity index (χ3n) is 4.78. The lowest BCUT2D eigenvalue weighted by atomic mass is 10.1. The zero-order valence-electron chi connectivity index (χ0n) is 17.3. The van der Waals surface area contributed by atoms with Crippen molar-refractivity contribution < 1.29 is 18.9 Å². The Morgan fingerprint density at radius 1 is 0.630 bits per heavy atom. The maximum atomic E-state index is 6.19. The first-order valence-corrected chi connectivity index (χ1v) is 11.4. The fraction of sp³-hybridized carbons (Fsp3) is 0.455. The number of hydrogen-bond donors (Lipinski definition) is 0. The monoisotopic (exact) mass is 388 g/mol. The highest BCUT2D eigenvalue weighted by Gasteiger charge is 2.48. The van der Waals surface area contributed by atoms with Crippen molar-refractivity contribution in [1.82, 2.24) is 0 Å². The van der Waals surface area contributed by atoms with E-state index in [9.17, 15) is 0 Å². The van der Waals surface area contributed by atoms with E-state index in [1.165, 1.54) is 0 Å². The summed E-state index contributed by atoms with van der Waals surface area (Å²) in [5.74, 6) is 0. The summed E-state index contributed by atoms with van der Waals surface area (Å²) in [5.41, 5.74) is -0.878. The fourth-order valence-electron chi connectivity index (χ4n) is 2.15. The van der Waals surface area contributed by atoms with E-state index in [1.807, 2.05) is 88.4 Å². The van der Waals surface area contributed by atoms with Gasteiger partial charge >= 0.3 is 8.56 Å².